The molecule has 0 spiro atoms. The van der Waals surface area contributed by atoms with Gasteiger partial charge in [-0.3, -0.25) is 10.1 Å². The van der Waals surface area contributed by atoms with Crippen molar-refractivity contribution in [2.24, 2.45) is 4.99 Å². The normalized spacial score (nSPS) is 16.5. The maximum absolute atomic E-state index is 10.7. The topological polar surface area (TPSA) is 88.8 Å². The summed E-state index contributed by atoms with van der Waals surface area (Å²) >= 11 is 0. The highest BCUT2D eigenvalue weighted by molar-refractivity contribution is 14.0. The summed E-state index contributed by atoms with van der Waals surface area (Å²) in [6.45, 7) is 3.12. The van der Waals surface area contributed by atoms with E-state index < -0.39 is 4.92 Å². The predicted molar refractivity (Wildman–Crippen MR) is 114 cm³/mol. The van der Waals surface area contributed by atoms with Crippen LogP contribution >= 0.6 is 24.0 Å². The largest absolute Gasteiger partial charge is 0.383 e. The molecule has 0 radical (unpaired) electrons. The second-order valence-electron chi connectivity index (χ2n) is 6.57. The number of nitrogens with zero attached hydrogens (tertiary/aromatic N) is 2. The Labute approximate surface area is 172 Å². The van der Waals surface area contributed by atoms with E-state index in [4.69, 9.17) is 4.74 Å². The summed E-state index contributed by atoms with van der Waals surface area (Å²) in [5.41, 5.74) is 1.04. The van der Waals surface area contributed by atoms with Crippen molar-refractivity contribution in [3.05, 3.63) is 39.9 Å². The quantitative estimate of drug-likeness (QED) is 0.206. The Morgan fingerprint density at radius 1 is 1.31 bits per heavy atom. The lowest BCUT2D eigenvalue weighted by Crippen LogP contribution is -2.48. The summed E-state index contributed by atoms with van der Waals surface area (Å²) in [5.74, 6) is 0.773. The number of non-ortho nitro benzene ring substituents is 1. The fourth-order valence-electron chi connectivity index (χ4n) is 2.99. The standard InChI is InChI=1S/C18H28N4O3.HI/c1-14(13-25-2)20-18(21-16-6-4-3-5-7-16)19-12-15-8-10-17(11-9-15)22(23)24;/h8-11,14,16H,3-7,12-13H2,1-2H3,(H2,19,20,21);1H. The molecule has 8 heteroatoms. The van der Waals surface area contributed by atoms with Crippen LogP contribution in [0.15, 0.2) is 29.3 Å². The first-order chi connectivity index (χ1) is 12.1. The first-order valence-electron chi connectivity index (χ1n) is 8.88. The molecule has 1 aromatic carbocycles. The number of guanidine groups is 1. The number of ether oxygens (including phenoxy) is 1. The minimum atomic E-state index is -0.392. The third-order valence-corrected chi connectivity index (χ3v) is 4.31. The Morgan fingerprint density at radius 2 is 1.96 bits per heavy atom. The van der Waals surface area contributed by atoms with Crippen molar-refractivity contribution in [3.8, 4) is 0 Å². The lowest BCUT2D eigenvalue weighted by Gasteiger charge is -2.26. The zero-order valence-electron chi connectivity index (χ0n) is 15.4. The van der Waals surface area contributed by atoms with E-state index >= 15 is 0 Å². The van der Waals surface area contributed by atoms with E-state index in [-0.39, 0.29) is 35.7 Å². The summed E-state index contributed by atoms with van der Waals surface area (Å²) in [4.78, 5) is 15.0. The monoisotopic (exact) mass is 476 g/mol. The van der Waals surface area contributed by atoms with E-state index in [1.54, 1.807) is 19.2 Å². The van der Waals surface area contributed by atoms with Crippen LogP contribution in [0.5, 0.6) is 0 Å². The van der Waals surface area contributed by atoms with Crippen molar-refractivity contribution in [1.29, 1.82) is 0 Å². The van der Waals surface area contributed by atoms with Crippen LogP contribution in [-0.2, 0) is 11.3 Å². The first kappa shape index (κ1) is 22.6. The number of hydrogen-bond donors (Lipinski definition) is 2. The zero-order chi connectivity index (χ0) is 18.1. The molecule has 0 aromatic heterocycles. The molecule has 0 saturated heterocycles. The average Bonchev–Trinajstić information content (AvgIpc) is 2.61. The lowest BCUT2D eigenvalue weighted by molar-refractivity contribution is -0.384. The van der Waals surface area contributed by atoms with E-state index in [0.717, 1.165) is 24.4 Å². The number of nitro benzene ring substituents is 1. The smallest absolute Gasteiger partial charge is 0.269 e. The number of nitro groups is 1. The van der Waals surface area contributed by atoms with Gasteiger partial charge in [0.2, 0.25) is 0 Å². The SMILES string of the molecule is COCC(C)NC(=NCc1ccc([N+](=O)[O-])cc1)NC1CCCCC1.I. The molecule has 0 heterocycles. The van der Waals surface area contributed by atoms with Gasteiger partial charge >= 0.3 is 0 Å². The number of hydrogen-bond acceptors (Lipinski definition) is 4. The summed E-state index contributed by atoms with van der Waals surface area (Å²) in [6.07, 6.45) is 6.14. The van der Waals surface area contributed by atoms with Crippen LogP contribution in [0.4, 0.5) is 5.69 Å². The van der Waals surface area contributed by atoms with Crippen LogP contribution in [0.25, 0.3) is 0 Å². The molecule has 1 aliphatic carbocycles. The summed E-state index contributed by atoms with van der Waals surface area (Å²) in [7, 11) is 1.68. The number of halogens is 1. The van der Waals surface area contributed by atoms with Crippen molar-refractivity contribution >= 4 is 35.6 Å². The van der Waals surface area contributed by atoms with Crippen molar-refractivity contribution in [3.63, 3.8) is 0 Å². The van der Waals surface area contributed by atoms with Crippen molar-refractivity contribution in [2.75, 3.05) is 13.7 Å². The van der Waals surface area contributed by atoms with Crippen molar-refractivity contribution in [2.45, 2.75) is 57.7 Å². The molecule has 1 fully saturated rings. The van der Waals surface area contributed by atoms with Crippen LogP contribution in [0.1, 0.15) is 44.6 Å². The van der Waals surface area contributed by atoms with Gasteiger partial charge in [-0.1, -0.05) is 31.4 Å². The van der Waals surface area contributed by atoms with Gasteiger partial charge in [-0.25, -0.2) is 4.99 Å². The van der Waals surface area contributed by atoms with Gasteiger partial charge in [-0.15, -0.1) is 24.0 Å². The van der Waals surface area contributed by atoms with E-state index in [0.29, 0.717) is 19.2 Å². The third-order valence-electron chi connectivity index (χ3n) is 4.31. The van der Waals surface area contributed by atoms with E-state index in [1.807, 2.05) is 6.92 Å². The predicted octanol–water partition coefficient (Wildman–Crippen LogP) is 3.62. The van der Waals surface area contributed by atoms with Crippen LogP contribution < -0.4 is 10.6 Å². The molecule has 1 atom stereocenters. The molecule has 146 valence electrons. The van der Waals surface area contributed by atoms with Crippen LogP contribution in [0, 0.1) is 10.1 Å². The van der Waals surface area contributed by atoms with Crippen LogP contribution in [-0.4, -0.2) is 36.7 Å². The first-order valence-corrected chi connectivity index (χ1v) is 8.88. The third kappa shape index (κ3) is 7.86. The molecule has 1 saturated carbocycles. The van der Waals surface area contributed by atoms with Crippen LogP contribution in [0.2, 0.25) is 0 Å². The number of methoxy groups -OCH3 is 1. The molecule has 1 unspecified atom stereocenters. The second kappa shape index (κ2) is 12.1. The molecule has 0 aliphatic heterocycles. The fraction of sp³-hybridized carbons (Fsp3) is 0.611. The molecule has 1 aromatic rings. The van der Waals surface area contributed by atoms with Gasteiger partial charge in [0.25, 0.3) is 5.69 Å². The molecule has 2 N–H and O–H groups in total. The molecule has 2 rings (SSSR count). The Bertz CT molecular complexity index is 574. The highest BCUT2D eigenvalue weighted by Crippen LogP contribution is 2.17. The van der Waals surface area contributed by atoms with E-state index in [1.165, 1.54) is 31.4 Å². The van der Waals surface area contributed by atoms with Gasteiger partial charge in [0, 0.05) is 31.3 Å². The molecule has 7 nitrogen and oxygen atoms in total. The van der Waals surface area contributed by atoms with Crippen LogP contribution in [0.3, 0.4) is 0 Å². The average molecular weight is 476 g/mol. The highest BCUT2D eigenvalue weighted by Gasteiger charge is 2.15. The van der Waals surface area contributed by atoms with Gasteiger partial charge < -0.3 is 15.4 Å². The maximum Gasteiger partial charge on any atom is 0.269 e. The molecule has 26 heavy (non-hydrogen) atoms. The number of rotatable bonds is 7. The van der Waals surface area contributed by atoms with Crippen molar-refractivity contribution < 1.29 is 9.66 Å². The lowest BCUT2D eigenvalue weighted by atomic mass is 9.96. The molecular weight excluding hydrogens is 447 g/mol. The minimum absolute atomic E-state index is 0. The Kier molecular flexibility index (Phi) is 10.5. The summed E-state index contributed by atoms with van der Waals surface area (Å²) in [6, 6.07) is 7.13. The second-order valence-corrected chi connectivity index (χ2v) is 6.57. The zero-order valence-corrected chi connectivity index (χ0v) is 17.8. The summed E-state index contributed by atoms with van der Waals surface area (Å²) < 4.78 is 5.18. The highest BCUT2D eigenvalue weighted by atomic mass is 127. The Hall–Kier alpha value is -1.42. The fourth-order valence-corrected chi connectivity index (χ4v) is 2.99. The van der Waals surface area contributed by atoms with Gasteiger partial charge in [0.15, 0.2) is 5.96 Å². The van der Waals surface area contributed by atoms with Gasteiger partial charge in [-0.2, -0.15) is 0 Å². The molecular formula is C18H29IN4O3. The molecule has 0 amide bonds. The van der Waals surface area contributed by atoms with Crippen molar-refractivity contribution in [1.82, 2.24) is 10.6 Å². The minimum Gasteiger partial charge on any atom is -0.383 e. The van der Waals surface area contributed by atoms with E-state index in [2.05, 4.69) is 15.6 Å². The molecule has 1 aliphatic rings. The van der Waals surface area contributed by atoms with E-state index in [9.17, 15) is 10.1 Å². The Morgan fingerprint density at radius 3 is 2.54 bits per heavy atom. The molecule has 0 bridgehead atoms. The number of aliphatic imine (C=N–C) groups is 1. The Balaban J connectivity index is 0.00000338. The van der Waals surface area contributed by atoms with Gasteiger partial charge in [0.05, 0.1) is 18.1 Å². The maximum atomic E-state index is 10.7. The number of nitrogens with one attached hydrogen (secondary N) is 2. The summed E-state index contributed by atoms with van der Waals surface area (Å²) in [5, 5.41) is 17.6. The number of benzene rings is 1. The van der Waals surface area contributed by atoms with Gasteiger partial charge in [0.1, 0.15) is 0 Å². The van der Waals surface area contributed by atoms with Gasteiger partial charge in [-0.05, 0) is 25.3 Å².